The van der Waals surface area contributed by atoms with Gasteiger partial charge in [-0.15, -0.1) is 0 Å². The largest absolute Gasteiger partial charge is 0.354 e. The molecule has 1 saturated heterocycles. The molecule has 0 bridgehead atoms. The number of likely N-dealkylation sites (tertiary alicyclic amines) is 1. The van der Waals surface area contributed by atoms with Crippen molar-refractivity contribution < 1.29 is 9.59 Å². The van der Waals surface area contributed by atoms with E-state index in [1.54, 1.807) is 0 Å². The number of rotatable bonds is 7. The summed E-state index contributed by atoms with van der Waals surface area (Å²) < 4.78 is 0. The average Bonchev–Trinajstić information content (AvgIpc) is 2.40. The second-order valence-electron chi connectivity index (χ2n) is 6.18. The lowest BCUT2D eigenvalue weighted by Crippen LogP contribution is -2.43. The molecule has 1 fully saturated rings. The third-order valence-corrected chi connectivity index (χ3v) is 3.68. The van der Waals surface area contributed by atoms with Gasteiger partial charge in [-0.2, -0.15) is 0 Å². The summed E-state index contributed by atoms with van der Waals surface area (Å²) in [7, 11) is 0. The van der Waals surface area contributed by atoms with Crippen LogP contribution in [-0.4, -0.2) is 55.6 Å². The van der Waals surface area contributed by atoms with Crippen LogP contribution in [0.1, 0.15) is 40.0 Å². The Balaban J connectivity index is 2.00. The van der Waals surface area contributed by atoms with Crippen LogP contribution < -0.4 is 16.0 Å². The zero-order chi connectivity index (χ0) is 15.7. The van der Waals surface area contributed by atoms with E-state index in [4.69, 9.17) is 0 Å². The molecular formula is C15H30N4O2. The van der Waals surface area contributed by atoms with E-state index in [1.807, 2.05) is 13.8 Å². The van der Waals surface area contributed by atoms with Gasteiger partial charge >= 0.3 is 6.03 Å². The predicted molar refractivity (Wildman–Crippen MR) is 84.1 cm³/mol. The lowest BCUT2D eigenvalue weighted by molar-refractivity contribution is -0.121. The molecule has 3 N–H and O–H groups in total. The van der Waals surface area contributed by atoms with Gasteiger partial charge < -0.3 is 20.9 Å². The fourth-order valence-corrected chi connectivity index (χ4v) is 2.36. The van der Waals surface area contributed by atoms with Crippen LogP contribution in [0.2, 0.25) is 0 Å². The number of carbonyl (C=O) groups is 2. The average molecular weight is 298 g/mol. The monoisotopic (exact) mass is 298 g/mol. The number of amides is 3. The highest BCUT2D eigenvalue weighted by Crippen LogP contribution is 2.14. The molecule has 0 spiro atoms. The maximum Gasteiger partial charge on any atom is 0.314 e. The first-order chi connectivity index (χ1) is 9.97. The molecule has 122 valence electrons. The highest BCUT2D eigenvalue weighted by molar-refractivity contribution is 5.78. The van der Waals surface area contributed by atoms with Gasteiger partial charge in [0.05, 0.1) is 0 Å². The van der Waals surface area contributed by atoms with Crippen molar-refractivity contribution in [3.05, 3.63) is 0 Å². The molecule has 6 nitrogen and oxygen atoms in total. The quantitative estimate of drug-likeness (QED) is 0.655. The van der Waals surface area contributed by atoms with Gasteiger partial charge in [-0.1, -0.05) is 6.92 Å². The molecule has 1 rings (SSSR count). The molecule has 0 aromatic heterocycles. The molecular weight excluding hydrogens is 268 g/mol. The number of urea groups is 1. The summed E-state index contributed by atoms with van der Waals surface area (Å²) >= 11 is 0. The Morgan fingerprint density at radius 3 is 2.38 bits per heavy atom. The van der Waals surface area contributed by atoms with Gasteiger partial charge in [0.15, 0.2) is 0 Å². The van der Waals surface area contributed by atoms with E-state index in [2.05, 4.69) is 27.8 Å². The van der Waals surface area contributed by atoms with Crippen molar-refractivity contribution in [3.8, 4) is 0 Å². The van der Waals surface area contributed by atoms with Crippen LogP contribution in [0.3, 0.4) is 0 Å². The Bertz CT molecular complexity index is 326. The van der Waals surface area contributed by atoms with Crippen molar-refractivity contribution in [1.82, 2.24) is 20.9 Å². The topological polar surface area (TPSA) is 73.5 Å². The van der Waals surface area contributed by atoms with Crippen LogP contribution in [0.4, 0.5) is 4.79 Å². The van der Waals surface area contributed by atoms with E-state index in [1.165, 1.54) is 12.8 Å². The first-order valence-electron chi connectivity index (χ1n) is 8.00. The Labute approximate surface area is 128 Å². The second-order valence-corrected chi connectivity index (χ2v) is 6.18. The van der Waals surface area contributed by atoms with E-state index >= 15 is 0 Å². The smallest absolute Gasteiger partial charge is 0.314 e. The molecule has 3 amide bonds. The second kappa shape index (κ2) is 9.60. The van der Waals surface area contributed by atoms with Gasteiger partial charge in [-0.25, -0.2) is 4.79 Å². The van der Waals surface area contributed by atoms with Gasteiger partial charge in [0.1, 0.15) is 0 Å². The molecule has 1 aliphatic rings. The Hall–Kier alpha value is -1.30. The number of hydrogen-bond donors (Lipinski definition) is 3. The minimum Gasteiger partial charge on any atom is -0.354 e. The molecule has 0 unspecified atom stereocenters. The third kappa shape index (κ3) is 8.55. The van der Waals surface area contributed by atoms with Gasteiger partial charge in [0, 0.05) is 32.1 Å². The lowest BCUT2D eigenvalue weighted by atomic mass is 9.99. The van der Waals surface area contributed by atoms with Crippen LogP contribution in [0.15, 0.2) is 0 Å². The zero-order valence-corrected chi connectivity index (χ0v) is 13.6. The van der Waals surface area contributed by atoms with Crippen molar-refractivity contribution >= 4 is 11.9 Å². The first-order valence-corrected chi connectivity index (χ1v) is 8.00. The van der Waals surface area contributed by atoms with Crippen LogP contribution in [0, 0.1) is 5.92 Å². The molecule has 6 heteroatoms. The number of carbonyl (C=O) groups excluding carboxylic acids is 2. The van der Waals surface area contributed by atoms with Crippen LogP contribution in [0.5, 0.6) is 0 Å². The fraction of sp³-hybridized carbons (Fsp3) is 0.867. The van der Waals surface area contributed by atoms with E-state index in [0.717, 1.165) is 25.6 Å². The molecule has 0 aromatic carbocycles. The summed E-state index contributed by atoms with van der Waals surface area (Å²) in [5, 5.41) is 8.32. The standard InChI is InChI=1S/C15H30N4O2/c1-12(2)18-14(20)4-7-16-15(21)17-8-11-19-9-5-13(3)6-10-19/h12-13H,4-11H2,1-3H3,(H,18,20)(H2,16,17,21). The molecule has 0 aliphatic carbocycles. The SMILES string of the molecule is CC1CCN(CCNC(=O)NCCC(=O)NC(C)C)CC1. The number of piperidine rings is 1. The minimum atomic E-state index is -0.197. The van der Waals surface area contributed by atoms with E-state index in [9.17, 15) is 9.59 Å². The van der Waals surface area contributed by atoms with Crippen LogP contribution in [-0.2, 0) is 4.79 Å². The highest BCUT2D eigenvalue weighted by Gasteiger charge is 2.15. The Morgan fingerprint density at radius 2 is 1.76 bits per heavy atom. The molecule has 21 heavy (non-hydrogen) atoms. The van der Waals surface area contributed by atoms with Crippen molar-refractivity contribution in [1.29, 1.82) is 0 Å². The molecule has 0 radical (unpaired) electrons. The van der Waals surface area contributed by atoms with Gasteiger partial charge in [0.2, 0.25) is 5.91 Å². The van der Waals surface area contributed by atoms with Gasteiger partial charge in [0.25, 0.3) is 0 Å². The summed E-state index contributed by atoms with van der Waals surface area (Å²) in [6, 6.07) is -0.0590. The summed E-state index contributed by atoms with van der Waals surface area (Å²) in [5.74, 6) is 0.794. The van der Waals surface area contributed by atoms with Crippen molar-refractivity contribution in [2.24, 2.45) is 5.92 Å². The summed E-state index contributed by atoms with van der Waals surface area (Å²) in [5.41, 5.74) is 0. The number of nitrogens with one attached hydrogen (secondary N) is 3. The van der Waals surface area contributed by atoms with E-state index in [0.29, 0.717) is 19.5 Å². The lowest BCUT2D eigenvalue weighted by Gasteiger charge is -2.30. The zero-order valence-electron chi connectivity index (χ0n) is 13.6. The van der Waals surface area contributed by atoms with Crippen molar-refractivity contribution in [3.63, 3.8) is 0 Å². The third-order valence-electron chi connectivity index (χ3n) is 3.68. The first kappa shape index (κ1) is 17.8. The van der Waals surface area contributed by atoms with Crippen molar-refractivity contribution in [2.45, 2.75) is 46.1 Å². The number of hydrogen-bond acceptors (Lipinski definition) is 3. The normalized spacial score (nSPS) is 16.8. The molecule has 0 saturated carbocycles. The van der Waals surface area contributed by atoms with Crippen LogP contribution in [0.25, 0.3) is 0 Å². The molecule has 1 aliphatic heterocycles. The number of nitrogens with zero attached hydrogens (tertiary/aromatic N) is 1. The van der Waals surface area contributed by atoms with E-state index < -0.39 is 0 Å². The van der Waals surface area contributed by atoms with Crippen molar-refractivity contribution in [2.75, 3.05) is 32.7 Å². The Kier molecular flexibility index (Phi) is 8.12. The molecule has 1 heterocycles. The van der Waals surface area contributed by atoms with Gasteiger partial charge in [-0.3, -0.25) is 4.79 Å². The predicted octanol–water partition coefficient (Wildman–Crippen LogP) is 0.932. The summed E-state index contributed by atoms with van der Waals surface area (Å²) in [6.07, 6.45) is 2.81. The maximum absolute atomic E-state index is 11.6. The summed E-state index contributed by atoms with van der Waals surface area (Å²) in [4.78, 5) is 25.3. The fourth-order valence-electron chi connectivity index (χ4n) is 2.36. The Morgan fingerprint density at radius 1 is 1.14 bits per heavy atom. The van der Waals surface area contributed by atoms with Gasteiger partial charge in [-0.05, 0) is 45.7 Å². The molecule has 0 atom stereocenters. The highest BCUT2D eigenvalue weighted by atomic mass is 16.2. The minimum absolute atomic E-state index is 0.0345. The van der Waals surface area contributed by atoms with Crippen LogP contribution >= 0.6 is 0 Å². The molecule has 0 aromatic rings. The maximum atomic E-state index is 11.6. The van der Waals surface area contributed by atoms with E-state index in [-0.39, 0.29) is 18.0 Å². The summed E-state index contributed by atoms with van der Waals surface area (Å²) in [6.45, 7) is 10.3.